The molecule has 0 amide bonds. The minimum atomic E-state index is -4.89. The number of Topliss-reactive ketones (excluding diaryl/α,β-unsaturated/α-hetero) is 1. The Morgan fingerprint density at radius 1 is 1.09 bits per heavy atom. The third-order valence-electron chi connectivity index (χ3n) is 2.21. The normalized spacial score (nSPS) is 34.0. The van der Waals surface area contributed by atoms with E-state index in [1.807, 2.05) is 0 Å². The van der Waals surface area contributed by atoms with E-state index in [0.717, 1.165) is 0 Å². The largest absolute Gasteiger partial charge is 0.491 e. The topological polar surface area (TPSA) is 155 Å². The number of carbonyl (C=O) groups is 2. The number of hydrogen-bond acceptors (Lipinski definition) is 10. The maximum atomic E-state index is 11.9. The lowest BCUT2D eigenvalue weighted by Gasteiger charge is -2.28. The van der Waals surface area contributed by atoms with Crippen molar-refractivity contribution in [3.05, 3.63) is 0 Å². The first-order valence-electron chi connectivity index (χ1n) is 6.18. The van der Waals surface area contributed by atoms with E-state index in [-0.39, 0.29) is 25.2 Å². The first-order chi connectivity index (χ1) is 10.5. The van der Waals surface area contributed by atoms with Crippen LogP contribution in [0.3, 0.4) is 0 Å². The van der Waals surface area contributed by atoms with E-state index in [1.165, 1.54) is 0 Å². The number of rotatable bonds is 8. The van der Waals surface area contributed by atoms with Gasteiger partial charge >= 0.3 is 28.3 Å². The highest BCUT2D eigenvalue weighted by Gasteiger charge is 2.51. The molecule has 1 aliphatic rings. The molecule has 1 fully saturated rings. The molecule has 3 atom stereocenters. The average Bonchev–Trinajstić information content (AvgIpc) is 2.36. The molecule has 0 aromatic rings. The molecule has 2 N–H and O–H groups in total. The average molecular weight is 412 g/mol. The summed E-state index contributed by atoms with van der Waals surface area (Å²) >= 11 is 4.32. The highest BCUT2D eigenvalue weighted by atomic mass is 32.5. The lowest BCUT2D eigenvalue weighted by molar-refractivity contribution is -0.145. The van der Waals surface area contributed by atoms with Crippen molar-refractivity contribution in [1.82, 2.24) is 0 Å². The standard InChI is InChI=1S/C8H15O11P3S/c1-2-7(9)3-4-8(10)15-5-6-16-21(13)17-20(11,12)18-22(14,23)19-21/h2-6H2,1H3,(H,11,12)(H,14,23). The second kappa shape index (κ2) is 8.40. The molecule has 0 saturated carbocycles. The van der Waals surface area contributed by atoms with Gasteiger partial charge in [0.15, 0.2) is 0 Å². The van der Waals surface area contributed by atoms with E-state index >= 15 is 0 Å². The molecule has 134 valence electrons. The maximum absolute atomic E-state index is 11.9. The fourth-order valence-corrected chi connectivity index (χ4v) is 7.67. The van der Waals surface area contributed by atoms with Crippen LogP contribution in [-0.2, 0) is 52.7 Å². The SMILES string of the molecule is CCC(=O)CCC(=O)OCCOP1(=O)OP(=O)(O)OP(O)(=S)O1. The summed E-state index contributed by atoms with van der Waals surface area (Å²) in [6, 6.07) is 0. The molecular weight excluding hydrogens is 397 g/mol. The van der Waals surface area contributed by atoms with Gasteiger partial charge in [0, 0.05) is 12.8 Å². The number of ketones is 1. The second-order valence-electron chi connectivity index (χ2n) is 4.08. The molecule has 0 aromatic heterocycles. The lowest BCUT2D eigenvalue weighted by atomic mass is 10.2. The summed E-state index contributed by atoms with van der Waals surface area (Å²) in [4.78, 5) is 40.7. The Hall–Kier alpha value is 0.01000. The van der Waals surface area contributed by atoms with Gasteiger partial charge in [0.1, 0.15) is 12.4 Å². The first-order valence-corrected chi connectivity index (χ1v) is 11.7. The molecule has 0 spiro atoms. The number of phosphoric acid groups is 2. The predicted molar refractivity (Wildman–Crippen MR) is 78.6 cm³/mol. The van der Waals surface area contributed by atoms with Crippen LogP contribution >= 0.6 is 22.4 Å². The quantitative estimate of drug-likeness (QED) is 0.339. The maximum Gasteiger partial charge on any atom is 0.491 e. The summed E-state index contributed by atoms with van der Waals surface area (Å²) in [5.41, 5.74) is 0. The van der Waals surface area contributed by atoms with Gasteiger partial charge in [0.2, 0.25) is 0 Å². The molecule has 1 heterocycles. The zero-order valence-corrected chi connectivity index (χ0v) is 15.4. The molecule has 0 aliphatic carbocycles. The van der Waals surface area contributed by atoms with Gasteiger partial charge in [-0.1, -0.05) is 6.92 Å². The van der Waals surface area contributed by atoms with Crippen LogP contribution in [-0.4, -0.2) is 34.8 Å². The molecular formula is C8H15O11P3S. The molecule has 23 heavy (non-hydrogen) atoms. The van der Waals surface area contributed by atoms with Gasteiger partial charge in [0.25, 0.3) is 0 Å². The summed E-state index contributed by atoms with van der Waals surface area (Å²) < 4.78 is 44.9. The van der Waals surface area contributed by atoms with Crippen molar-refractivity contribution in [2.75, 3.05) is 13.2 Å². The predicted octanol–water partition coefficient (Wildman–Crippen LogP) is 1.79. The van der Waals surface area contributed by atoms with E-state index in [0.29, 0.717) is 6.42 Å². The third kappa shape index (κ3) is 8.09. The molecule has 1 rings (SSSR count). The van der Waals surface area contributed by atoms with Gasteiger partial charge in [-0.25, -0.2) is 17.8 Å². The van der Waals surface area contributed by atoms with Crippen molar-refractivity contribution in [2.45, 2.75) is 26.2 Å². The number of hydrogen-bond donors (Lipinski definition) is 2. The molecule has 1 saturated heterocycles. The summed E-state index contributed by atoms with van der Waals surface area (Å²) in [6.07, 6.45) is 0.235. The smallest absolute Gasteiger partial charge is 0.463 e. The van der Waals surface area contributed by atoms with Crippen molar-refractivity contribution >= 4 is 45.9 Å². The molecule has 0 bridgehead atoms. The first kappa shape index (κ1) is 21.1. The number of carbonyl (C=O) groups excluding carboxylic acids is 2. The van der Waals surface area contributed by atoms with E-state index in [9.17, 15) is 23.6 Å². The van der Waals surface area contributed by atoms with Crippen LogP contribution < -0.4 is 0 Å². The fourth-order valence-electron chi connectivity index (χ4n) is 1.27. The van der Waals surface area contributed by atoms with Crippen LogP contribution in [0.5, 0.6) is 0 Å². The van der Waals surface area contributed by atoms with Crippen LogP contribution in [0, 0.1) is 0 Å². The second-order valence-corrected chi connectivity index (χ2v) is 10.4. The van der Waals surface area contributed by atoms with Gasteiger partial charge < -0.3 is 14.5 Å². The molecule has 0 radical (unpaired) electrons. The Kier molecular flexibility index (Phi) is 7.69. The van der Waals surface area contributed by atoms with Crippen molar-refractivity contribution < 1.29 is 50.7 Å². The van der Waals surface area contributed by atoms with Crippen molar-refractivity contribution in [1.29, 1.82) is 0 Å². The summed E-state index contributed by atoms with van der Waals surface area (Å²) in [7, 11) is -9.53. The molecule has 0 aromatic carbocycles. The van der Waals surface area contributed by atoms with E-state index in [1.54, 1.807) is 6.92 Å². The highest BCUT2D eigenvalue weighted by Crippen LogP contribution is 2.80. The van der Waals surface area contributed by atoms with Crippen molar-refractivity contribution in [3.8, 4) is 0 Å². The van der Waals surface area contributed by atoms with Crippen LogP contribution in [0.2, 0.25) is 0 Å². The van der Waals surface area contributed by atoms with Crippen molar-refractivity contribution in [3.63, 3.8) is 0 Å². The Morgan fingerprint density at radius 3 is 2.30 bits per heavy atom. The zero-order chi connectivity index (χ0) is 17.7. The van der Waals surface area contributed by atoms with Crippen molar-refractivity contribution in [2.24, 2.45) is 0 Å². The molecule has 3 unspecified atom stereocenters. The van der Waals surface area contributed by atoms with Crippen LogP contribution in [0.25, 0.3) is 0 Å². The van der Waals surface area contributed by atoms with Gasteiger partial charge in [0.05, 0.1) is 13.0 Å². The number of ether oxygens (including phenoxy) is 1. The Labute approximate surface area is 136 Å². The summed E-state index contributed by atoms with van der Waals surface area (Å²) in [5.74, 6) is -0.776. The highest BCUT2D eigenvalue weighted by molar-refractivity contribution is 8.10. The molecule has 11 nitrogen and oxygen atoms in total. The monoisotopic (exact) mass is 412 g/mol. The molecule has 1 aliphatic heterocycles. The van der Waals surface area contributed by atoms with E-state index in [2.05, 4.69) is 34.0 Å². The van der Waals surface area contributed by atoms with Gasteiger partial charge in [-0.15, -0.1) is 0 Å². The third-order valence-corrected chi connectivity index (χ3v) is 8.81. The zero-order valence-electron chi connectivity index (χ0n) is 11.9. The summed E-state index contributed by atoms with van der Waals surface area (Å²) in [5, 5.41) is 0. The minimum absolute atomic E-state index is 0.0411. The van der Waals surface area contributed by atoms with Crippen LogP contribution in [0.15, 0.2) is 0 Å². The number of esters is 1. The fraction of sp³-hybridized carbons (Fsp3) is 0.750. The summed E-state index contributed by atoms with van der Waals surface area (Å²) in [6.45, 7) is -3.51. The van der Waals surface area contributed by atoms with E-state index in [4.69, 9.17) is 4.89 Å². The van der Waals surface area contributed by atoms with Gasteiger partial charge in [-0.3, -0.25) is 14.1 Å². The van der Waals surface area contributed by atoms with Crippen LogP contribution in [0.1, 0.15) is 26.2 Å². The van der Waals surface area contributed by atoms with Crippen LogP contribution in [0.4, 0.5) is 0 Å². The molecule has 15 heteroatoms. The Bertz CT molecular complexity index is 576. The lowest BCUT2D eigenvalue weighted by Crippen LogP contribution is -2.13. The minimum Gasteiger partial charge on any atom is -0.463 e. The van der Waals surface area contributed by atoms with Gasteiger partial charge in [-0.05, 0) is 11.8 Å². The van der Waals surface area contributed by atoms with Gasteiger partial charge in [-0.2, -0.15) is 4.31 Å². The van der Waals surface area contributed by atoms with E-state index < -0.39 is 34.9 Å². The Morgan fingerprint density at radius 2 is 1.74 bits per heavy atom. The Balaban J connectivity index is 2.39.